The third kappa shape index (κ3) is 3.02. The summed E-state index contributed by atoms with van der Waals surface area (Å²) in [5.74, 6) is 1.66. The highest BCUT2D eigenvalue weighted by Crippen LogP contribution is 2.44. The third-order valence-corrected chi connectivity index (χ3v) is 4.95. The second-order valence-corrected chi connectivity index (χ2v) is 6.66. The number of aromatic nitrogens is 2. The highest BCUT2D eigenvalue weighted by atomic mass is 35.5. The van der Waals surface area contributed by atoms with Crippen LogP contribution >= 0.6 is 11.6 Å². The molecule has 1 atom stereocenters. The molecule has 0 fully saturated rings. The number of halogens is 1. The Morgan fingerprint density at radius 2 is 1.89 bits per heavy atom. The van der Waals surface area contributed by atoms with Gasteiger partial charge in [0, 0.05) is 28.5 Å². The van der Waals surface area contributed by atoms with E-state index in [1.165, 1.54) is 0 Å². The first-order valence-corrected chi connectivity index (χ1v) is 8.84. The standard InChI is InChI=1S/C20H18ClN3O3/c1-26-17-5-3-4-14(19(17)27-2)15-10-18(25)23-20-16(15)11-22-24(20)13-8-6-12(21)7-9-13/h3-9,11,15H,10H2,1-2H3,(H,23,25)/t15-/m1/s1. The van der Waals surface area contributed by atoms with Gasteiger partial charge in [-0.3, -0.25) is 4.79 Å². The topological polar surface area (TPSA) is 65.4 Å². The lowest BCUT2D eigenvalue weighted by molar-refractivity contribution is -0.116. The first kappa shape index (κ1) is 17.4. The van der Waals surface area contributed by atoms with Crippen molar-refractivity contribution in [2.75, 3.05) is 19.5 Å². The van der Waals surface area contributed by atoms with Gasteiger partial charge in [0.25, 0.3) is 0 Å². The molecule has 7 heteroatoms. The molecule has 138 valence electrons. The molecule has 27 heavy (non-hydrogen) atoms. The summed E-state index contributed by atoms with van der Waals surface area (Å²) in [6, 6.07) is 13.0. The Kier molecular flexibility index (Phi) is 4.49. The van der Waals surface area contributed by atoms with Crippen molar-refractivity contribution in [3.8, 4) is 17.2 Å². The molecule has 0 unspecified atom stereocenters. The van der Waals surface area contributed by atoms with Crippen LogP contribution in [0.1, 0.15) is 23.5 Å². The number of ether oxygens (including phenoxy) is 2. The average molecular weight is 384 g/mol. The predicted molar refractivity (Wildman–Crippen MR) is 103 cm³/mol. The van der Waals surface area contributed by atoms with Gasteiger partial charge in [-0.1, -0.05) is 23.7 Å². The van der Waals surface area contributed by atoms with E-state index < -0.39 is 0 Å². The van der Waals surface area contributed by atoms with Crippen molar-refractivity contribution in [3.63, 3.8) is 0 Å². The van der Waals surface area contributed by atoms with Gasteiger partial charge in [0.2, 0.25) is 5.91 Å². The Hall–Kier alpha value is -2.99. The largest absolute Gasteiger partial charge is 0.493 e. The second kappa shape index (κ2) is 6.96. The molecule has 0 radical (unpaired) electrons. The van der Waals surface area contributed by atoms with Crippen LogP contribution in [-0.2, 0) is 4.79 Å². The molecule has 1 aromatic heterocycles. The molecule has 4 rings (SSSR count). The summed E-state index contributed by atoms with van der Waals surface area (Å²) in [7, 11) is 3.20. The number of nitrogens with zero attached hydrogens (tertiary/aromatic N) is 2. The molecular formula is C20H18ClN3O3. The number of amides is 1. The molecule has 1 N–H and O–H groups in total. The van der Waals surface area contributed by atoms with Crippen LogP contribution in [-0.4, -0.2) is 29.9 Å². The summed E-state index contributed by atoms with van der Waals surface area (Å²) in [6.45, 7) is 0. The van der Waals surface area contributed by atoms with E-state index in [9.17, 15) is 4.79 Å². The van der Waals surface area contributed by atoms with Gasteiger partial charge in [-0.25, -0.2) is 4.68 Å². The van der Waals surface area contributed by atoms with Crippen LogP contribution < -0.4 is 14.8 Å². The Morgan fingerprint density at radius 3 is 2.59 bits per heavy atom. The molecule has 0 saturated heterocycles. The molecule has 6 nitrogen and oxygen atoms in total. The zero-order chi connectivity index (χ0) is 19.0. The number of anilines is 1. The van der Waals surface area contributed by atoms with E-state index in [0.717, 1.165) is 16.8 Å². The molecule has 1 aliphatic heterocycles. The fourth-order valence-electron chi connectivity index (χ4n) is 3.46. The number of methoxy groups -OCH3 is 2. The SMILES string of the molecule is COc1cccc([C@H]2CC(=O)Nc3c2cnn3-c2ccc(Cl)cc2)c1OC. The minimum absolute atomic E-state index is 0.0758. The highest BCUT2D eigenvalue weighted by Gasteiger charge is 2.32. The van der Waals surface area contributed by atoms with Crippen LogP contribution in [0.4, 0.5) is 5.82 Å². The number of carbonyl (C=O) groups excluding carboxylic acids is 1. The van der Waals surface area contributed by atoms with E-state index in [1.54, 1.807) is 37.2 Å². The molecule has 1 aliphatic rings. The number of nitrogens with one attached hydrogen (secondary N) is 1. The smallest absolute Gasteiger partial charge is 0.226 e. The molecule has 0 saturated carbocycles. The molecule has 3 aromatic rings. The number of carbonyl (C=O) groups is 1. The van der Waals surface area contributed by atoms with Crippen molar-refractivity contribution in [1.29, 1.82) is 0 Å². The van der Waals surface area contributed by atoms with Crippen molar-refractivity contribution >= 4 is 23.3 Å². The van der Waals surface area contributed by atoms with Crippen LogP contribution in [0.5, 0.6) is 11.5 Å². The summed E-state index contributed by atoms with van der Waals surface area (Å²) >= 11 is 5.98. The monoisotopic (exact) mass is 383 g/mol. The molecule has 0 bridgehead atoms. The van der Waals surface area contributed by atoms with Crippen LogP contribution in [0, 0.1) is 0 Å². The molecular weight excluding hydrogens is 366 g/mol. The Balaban J connectivity index is 1.84. The van der Waals surface area contributed by atoms with Gasteiger partial charge in [-0.15, -0.1) is 0 Å². The Morgan fingerprint density at radius 1 is 1.11 bits per heavy atom. The fourth-order valence-corrected chi connectivity index (χ4v) is 3.59. The zero-order valence-corrected chi connectivity index (χ0v) is 15.7. The Bertz CT molecular complexity index is 998. The van der Waals surface area contributed by atoms with Gasteiger partial charge in [0.05, 0.1) is 26.1 Å². The Labute approximate surface area is 161 Å². The maximum Gasteiger partial charge on any atom is 0.226 e. The van der Waals surface area contributed by atoms with Gasteiger partial charge in [-0.05, 0) is 30.3 Å². The highest BCUT2D eigenvalue weighted by molar-refractivity contribution is 6.30. The number of hydrogen-bond acceptors (Lipinski definition) is 4. The van der Waals surface area contributed by atoms with Gasteiger partial charge in [-0.2, -0.15) is 5.10 Å². The number of hydrogen-bond donors (Lipinski definition) is 1. The van der Waals surface area contributed by atoms with Crippen LogP contribution in [0.25, 0.3) is 5.69 Å². The number of fused-ring (bicyclic) bond motifs is 1. The third-order valence-electron chi connectivity index (χ3n) is 4.70. The fraction of sp³-hybridized carbons (Fsp3) is 0.200. The molecule has 0 aliphatic carbocycles. The van der Waals surface area contributed by atoms with E-state index in [-0.39, 0.29) is 11.8 Å². The van der Waals surface area contributed by atoms with E-state index >= 15 is 0 Å². The van der Waals surface area contributed by atoms with Crippen molar-refractivity contribution in [1.82, 2.24) is 9.78 Å². The van der Waals surface area contributed by atoms with Gasteiger partial charge in [0.1, 0.15) is 5.82 Å². The van der Waals surface area contributed by atoms with E-state index in [1.807, 2.05) is 30.3 Å². The number of rotatable bonds is 4. The summed E-state index contributed by atoms with van der Waals surface area (Å²) in [5.41, 5.74) is 2.64. The van der Waals surface area contributed by atoms with E-state index in [4.69, 9.17) is 21.1 Å². The maximum absolute atomic E-state index is 12.5. The summed E-state index contributed by atoms with van der Waals surface area (Å²) in [4.78, 5) is 12.5. The molecule has 0 spiro atoms. The van der Waals surface area contributed by atoms with Gasteiger partial charge >= 0.3 is 0 Å². The molecule has 2 heterocycles. The van der Waals surface area contributed by atoms with Gasteiger partial charge < -0.3 is 14.8 Å². The minimum atomic E-state index is -0.181. The van der Waals surface area contributed by atoms with E-state index in [2.05, 4.69) is 10.4 Å². The number of para-hydroxylation sites is 1. The molecule has 1 amide bonds. The maximum atomic E-state index is 12.5. The van der Waals surface area contributed by atoms with Crippen molar-refractivity contribution in [3.05, 3.63) is 64.8 Å². The number of benzene rings is 2. The van der Waals surface area contributed by atoms with E-state index in [0.29, 0.717) is 28.8 Å². The van der Waals surface area contributed by atoms with Crippen LogP contribution in [0.3, 0.4) is 0 Å². The van der Waals surface area contributed by atoms with Crippen molar-refractivity contribution < 1.29 is 14.3 Å². The minimum Gasteiger partial charge on any atom is -0.493 e. The first-order valence-electron chi connectivity index (χ1n) is 8.47. The lowest BCUT2D eigenvalue weighted by Gasteiger charge is -2.25. The molecule has 2 aromatic carbocycles. The van der Waals surface area contributed by atoms with Crippen LogP contribution in [0.2, 0.25) is 5.02 Å². The predicted octanol–water partition coefficient (Wildman–Crippen LogP) is 4.02. The first-order chi connectivity index (χ1) is 13.1. The van der Waals surface area contributed by atoms with Crippen molar-refractivity contribution in [2.45, 2.75) is 12.3 Å². The zero-order valence-electron chi connectivity index (χ0n) is 14.9. The van der Waals surface area contributed by atoms with Gasteiger partial charge in [0.15, 0.2) is 11.5 Å². The summed E-state index contributed by atoms with van der Waals surface area (Å²) in [5, 5.41) is 8.08. The lowest BCUT2D eigenvalue weighted by atomic mass is 9.86. The lowest BCUT2D eigenvalue weighted by Crippen LogP contribution is -2.24. The second-order valence-electron chi connectivity index (χ2n) is 6.22. The quantitative estimate of drug-likeness (QED) is 0.739. The summed E-state index contributed by atoms with van der Waals surface area (Å²) < 4.78 is 12.7. The van der Waals surface area contributed by atoms with Crippen molar-refractivity contribution in [2.24, 2.45) is 0 Å². The summed E-state index contributed by atoms with van der Waals surface area (Å²) in [6.07, 6.45) is 2.09. The average Bonchev–Trinajstić information content (AvgIpc) is 3.11. The van der Waals surface area contributed by atoms with Crippen LogP contribution in [0.15, 0.2) is 48.7 Å². The normalized spacial score (nSPS) is 15.8.